The first kappa shape index (κ1) is 15.9. The molecular weight excluding hydrogens is 334 g/mol. The third-order valence-corrected chi connectivity index (χ3v) is 4.72. The van der Waals surface area contributed by atoms with E-state index in [4.69, 9.17) is 16.6 Å². The Morgan fingerprint density at radius 3 is 2.68 bits per heavy atom. The Kier molecular flexibility index (Phi) is 4.28. The number of fused-ring (bicyclic) bond motifs is 1. The Bertz CT molecular complexity index is 891. The number of para-hydroxylation sites is 1. The number of amides is 1. The van der Waals surface area contributed by atoms with Crippen molar-refractivity contribution < 1.29 is 4.79 Å². The first-order valence-electron chi connectivity index (χ1n) is 8.43. The molecule has 5 heteroatoms. The summed E-state index contributed by atoms with van der Waals surface area (Å²) >= 11 is 5.89. The summed E-state index contributed by atoms with van der Waals surface area (Å²) in [6.45, 7) is 1.02. The van der Waals surface area contributed by atoms with Gasteiger partial charge in [-0.3, -0.25) is 4.79 Å². The molecule has 3 aromatic rings. The predicted molar refractivity (Wildman–Crippen MR) is 100 cm³/mol. The van der Waals surface area contributed by atoms with Crippen molar-refractivity contribution in [1.82, 2.24) is 9.55 Å². The summed E-state index contributed by atoms with van der Waals surface area (Å²) in [5.41, 5.74) is 3.18. The van der Waals surface area contributed by atoms with Gasteiger partial charge in [-0.15, -0.1) is 0 Å². The number of hydrogen-bond donors (Lipinski definition) is 1. The Labute approximate surface area is 151 Å². The first-order chi connectivity index (χ1) is 12.2. The molecule has 2 aromatic carbocycles. The maximum absolute atomic E-state index is 12.5. The monoisotopic (exact) mass is 351 g/mol. The number of rotatable bonds is 3. The van der Waals surface area contributed by atoms with E-state index in [1.165, 1.54) is 12.8 Å². The van der Waals surface area contributed by atoms with Gasteiger partial charge in [-0.25, -0.2) is 4.98 Å². The molecule has 1 aliphatic rings. The zero-order valence-electron chi connectivity index (χ0n) is 13.7. The van der Waals surface area contributed by atoms with E-state index in [0.29, 0.717) is 10.6 Å². The van der Waals surface area contributed by atoms with Crippen LogP contribution in [0.2, 0.25) is 5.02 Å². The molecule has 1 amide bonds. The second-order valence-electron chi connectivity index (χ2n) is 6.20. The number of carbonyl (C=O) groups excluding carboxylic acids is 1. The molecular formula is C20H18ClN3O. The van der Waals surface area contributed by atoms with Crippen LogP contribution in [0.3, 0.4) is 0 Å². The Morgan fingerprint density at radius 2 is 1.88 bits per heavy atom. The maximum Gasteiger partial charge on any atom is 0.255 e. The highest BCUT2D eigenvalue weighted by molar-refractivity contribution is 6.30. The molecule has 1 N–H and O–H groups in total. The minimum atomic E-state index is -0.159. The predicted octanol–water partition coefficient (Wildman–Crippen LogP) is 4.79. The number of hydrogen-bond acceptors (Lipinski definition) is 2. The van der Waals surface area contributed by atoms with Crippen molar-refractivity contribution in [2.24, 2.45) is 0 Å². The molecule has 0 spiro atoms. The summed E-state index contributed by atoms with van der Waals surface area (Å²) in [6, 6.07) is 14.6. The van der Waals surface area contributed by atoms with Gasteiger partial charge < -0.3 is 9.88 Å². The van der Waals surface area contributed by atoms with Gasteiger partial charge >= 0.3 is 0 Å². The number of benzene rings is 2. The zero-order chi connectivity index (χ0) is 17.2. The van der Waals surface area contributed by atoms with E-state index in [1.54, 1.807) is 24.3 Å². The van der Waals surface area contributed by atoms with Crippen molar-refractivity contribution in [3.8, 4) is 11.3 Å². The van der Waals surface area contributed by atoms with E-state index in [0.717, 1.165) is 35.7 Å². The summed E-state index contributed by atoms with van der Waals surface area (Å²) in [4.78, 5) is 17.3. The van der Waals surface area contributed by atoms with Crippen molar-refractivity contribution in [1.29, 1.82) is 0 Å². The highest BCUT2D eigenvalue weighted by atomic mass is 35.5. The molecule has 126 valence electrons. The van der Waals surface area contributed by atoms with Gasteiger partial charge in [0, 0.05) is 35.3 Å². The van der Waals surface area contributed by atoms with E-state index in [-0.39, 0.29) is 5.91 Å². The van der Waals surface area contributed by atoms with E-state index in [9.17, 15) is 4.79 Å². The molecule has 0 saturated heterocycles. The quantitative estimate of drug-likeness (QED) is 0.737. The average molecular weight is 352 g/mol. The average Bonchev–Trinajstić information content (AvgIpc) is 3.06. The van der Waals surface area contributed by atoms with Gasteiger partial charge in [0.2, 0.25) is 0 Å². The molecule has 0 atom stereocenters. The molecule has 1 aromatic heterocycles. The van der Waals surface area contributed by atoms with Gasteiger partial charge in [0.05, 0.1) is 11.4 Å². The maximum atomic E-state index is 12.5. The fraction of sp³-hybridized carbons (Fsp3) is 0.200. The van der Waals surface area contributed by atoms with Crippen LogP contribution < -0.4 is 5.32 Å². The van der Waals surface area contributed by atoms with Crippen molar-refractivity contribution >= 4 is 23.2 Å². The standard InChI is InChI=1S/C20H18ClN3O/c21-15-10-8-14(9-11-15)20(25)23-17-6-2-1-5-16(17)18-13-24-12-4-3-7-19(24)22-18/h1-2,5-6,8-11,13H,3-4,7,12H2,(H,23,25). The normalized spacial score (nSPS) is 13.3. The topological polar surface area (TPSA) is 46.9 Å². The lowest BCUT2D eigenvalue weighted by atomic mass is 10.1. The summed E-state index contributed by atoms with van der Waals surface area (Å²) in [5, 5.41) is 3.61. The molecule has 0 fully saturated rings. The second kappa shape index (κ2) is 6.73. The minimum absolute atomic E-state index is 0.159. The Hall–Kier alpha value is -2.59. The summed E-state index contributed by atoms with van der Waals surface area (Å²) in [5.74, 6) is 0.966. The van der Waals surface area contributed by atoms with Crippen LogP contribution in [0.1, 0.15) is 29.0 Å². The molecule has 0 unspecified atom stereocenters. The Balaban J connectivity index is 1.64. The number of halogens is 1. The highest BCUT2D eigenvalue weighted by Crippen LogP contribution is 2.29. The smallest absolute Gasteiger partial charge is 0.255 e. The van der Waals surface area contributed by atoms with Crippen LogP contribution in [0.5, 0.6) is 0 Å². The SMILES string of the molecule is O=C(Nc1ccccc1-c1cn2c(n1)CCCC2)c1ccc(Cl)cc1. The first-order valence-corrected chi connectivity index (χ1v) is 8.81. The van der Waals surface area contributed by atoms with E-state index >= 15 is 0 Å². The van der Waals surface area contributed by atoms with Crippen LogP contribution in [0.4, 0.5) is 5.69 Å². The molecule has 0 radical (unpaired) electrons. The molecule has 4 rings (SSSR count). The van der Waals surface area contributed by atoms with Crippen LogP contribution in [0.15, 0.2) is 54.7 Å². The summed E-state index contributed by atoms with van der Waals surface area (Å²) < 4.78 is 2.22. The number of aryl methyl sites for hydroxylation is 2. The number of nitrogens with one attached hydrogen (secondary N) is 1. The van der Waals surface area contributed by atoms with Crippen molar-refractivity contribution in [2.45, 2.75) is 25.8 Å². The number of imidazole rings is 1. The highest BCUT2D eigenvalue weighted by Gasteiger charge is 2.16. The van der Waals surface area contributed by atoms with Crippen LogP contribution in [0, 0.1) is 0 Å². The van der Waals surface area contributed by atoms with Crippen LogP contribution in [-0.4, -0.2) is 15.5 Å². The number of carbonyl (C=O) groups is 1. The lowest BCUT2D eigenvalue weighted by Crippen LogP contribution is -2.12. The molecule has 2 heterocycles. The summed E-state index contributed by atoms with van der Waals surface area (Å²) in [6.07, 6.45) is 5.48. The lowest BCUT2D eigenvalue weighted by molar-refractivity contribution is 0.102. The molecule has 0 aliphatic carbocycles. The molecule has 25 heavy (non-hydrogen) atoms. The molecule has 0 saturated carbocycles. The fourth-order valence-corrected chi connectivity index (χ4v) is 3.28. The fourth-order valence-electron chi connectivity index (χ4n) is 3.15. The largest absolute Gasteiger partial charge is 0.334 e. The van der Waals surface area contributed by atoms with Gasteiger partial charge in [-0.05, 0) is 43.2 Å². The lowest BCUT2D eigenvalue weighted by Gasteiger charge is -2.11. The van der Waals surface area contributed by atoms with E-state index < -0.39 is 0 Å². The number of aromatic nitrogens is 2. The molecule has 0 bridgehead atoms. The van der Waals surface area contributed by atoms with Crippen LogP contribution in [-0.2, 0) is 13.0 Å². The molecule has 1 aliphatic heterocycles. The van der Waals surface area contributed by atoms with Crippen molar-refractivity contribution in [2.75, 3.05) is 5.32 Å². The van der Waals surface area contributed by atoms with Gasteiger partial charge in [0.15, 0.2) is 0 Å². The van der Waals surface area contributed by atoms with Gasteiger partial charge in [0.1, 0.15) is 5.82 Å². The van der Waals surface area contributed by atoms with Gasteiger partial charge in [-0.2, -0.15) is 0 Å². The number of nitrogens with zero attached hydrogens (tertiary/aromatic N) is 2. The third-order valence-electron chi connectivity index (χ3n) is 4.47. The zero-order valence-corrected chi connectivity index (χ0v) is 14.5. The van der Waals surface area contributed by atoms with E-state index in [2.05, 4.69) is 16.1 Å². The second-order valence-corrected chi connectivity index (χ2v) is 6.64. The van der Waals surface area contributed by atoms with Crippen molar-refractivity contribution in [3.05, 3.63) is 71.1 Å². The van der Waals surface area contributed by atoms with E-state index in [1.807, 2.05) is 24.3 Å². The molecule has 4 nitrogen and oxygen atoms in total. The van der Waals surface area contributed by atoms with Crippen LogP contribution in [0.25, 0.3) is 11.3 Å². The van der Waals surface area contributed by atoms with Crippen LogP contribution >= 0.6 is 11.6 Å². The third kappa shape index (κ3) is 3.30. The van der Waals surface area contributed by atoms with Crippen molar-refractivity contribution in [3.63, 3.8) is 0 Å². The number of anilines is 1. The Morgan fingerprint density at radius 1 is 1.08 bits per heavy atom. The minimum Gasteiger partial charge on any atom is -0.334 e. The van der Waals surface area contributed by atoms with Gasteiger partial charge in [-0.1, -0.05) is 29.8 Å². The van der Waals surface area contributed by atoms with Gasteiger partial charge in [0.25, 0.3) is 5.91 Å². The summed E-state index contributed by atoms with van der Waals surface area (Å²) in [7, 11) is 0.